The standard InChI is InChI=1S/C13H12ClNO/c14-11-6-7-13(10(8-11)9-15)16-12-4-2-1-3-5-12/h1-8H,9,15H2. The third kappa shape index (κ3) is 2.54. The number of ether oxygens (including phenoxy) is 1. The monoisotopic (exact) mass is 233 g/mol. The highest BCUT2D eigenvalue weighted by molar-refractivity contribution is 6.30. The fraction of sp³-hybridized carbons (Fsp3) is 0.0769. The van der Waals surface area contributed by atoms with Crippen molar-refractivity contribution in [1.82, 2.24) is 0 Å². The summed E-state index contributed by atoms with van der Waals surface area (Å²) < 4.78 is 5.72. The summed E-state index contributed by atoms with van der Waals surface area (Å²) in [7, 11) is 0. The maximum absolute atomic E-state index is 5.89. The van der Waals surface area contributed by atoms with Gasteiger partial charge in [-0.25, -0.2) is 0 Å². The number of benzene rings is 2. The molecule has 3 heteroatoms. The zero-order chi connectivity index (χ0) is 11.4. The Morgan fingerprint density at radius 2 is 1.81 bits per heavy atom. The molecule has 0 radical (unpaired) electrons. The van der Waals surface area contributed by atoms with Crippen LogP contribution in [-0.4, -0.2) is 0 Å². The fourth-order valence-corrected chi connectivity index (χ4v) is 1.62. The number of hydrogen-bond donors (Lipinski definition) is 1. The molecule has 0 fully saturated rings. The Hall–Kier alpha value is -1.51. The van der Waals surface area contributed by atoms with Crippen molar-refractivity contribution in [2.45, 2.75) is 6.54 Å². The van der Waals surface area contributed by atoms with Crippen molar-refractivity contribution in [2.75, 3.05) is 0 Å². The molecule has 0 aliphatic rings. The second kappa shape index (κ2) is 5.01. The molecule has 0 aliphatic heterocycles. The Morgan fingerprint density at radius 3 is 2.50 bits per heavy atom. The summed E-state index contributed by atoms with van der Waals surface area (Å²) in [6.07, 6.45) is 0. The van der Waals surface area contributed by atoms with Gasteiger partial charge >= 0.3 is 0 Å². The lowest BCUT2D eigenvalue weighted by Gasteiger charge is -2.10. The van der Waals surface area contributed by atoms with E-state index >= 15 is 0 Å². The molecule has 0 aliphatic carbocycles. The second-order valence-electron chi connectivity index (χ2n) is 3.37. The van der Waals surface area contributed by atoms with Gasteiger partial charge in [0, 0.05) is 17.1 Å². The van der Waals surface area contributed by atoms with Gasteiger partial charge in [-0.05, 0) is 30.3 Å². The molecule has 0 heterocycles. The minimum atomic E-state index is 0.405. The Kier molecular flexibility index (Phi) is 3.44. The molecule has 0 spiro atoms. The average Bonchev–Trinajstić information content (AvgIpc) is 2.33. The lowest BCUT2D eigenvalue weighted by atomic mass is 10.2. The van der Waals surface area contributed by atoms with Crippen LogP contribution in [0.4, 0.5) is 0 Å². The largest absolute Gasteiger partial charge is 0.457 e. The number of hydrogen-bond acceptors (Lipinski definition) is 2. The zero-order valence-electron chi connectivity index (χ0n) is 8.69. The molecule has 0 amide bonds. The molecule has 0 atom stereocenters. The Labute approximate surface area is 99.6 Å². The van der Waals surface area contributed by atoms with Gasteiger partial charge in [0.2, 0.25) is 0 Å². The van der Waals surface area contributed by atoms with Crippen LogP contribution in [0.2, 0.25) is 5.02 Å². The Bertz CT molecular complexity index is 471. The van der Waals surface area contributed by atoms with Crippen molar-refractivity contribution < 1.29 is 4.74 Å². The van der Waals surface area contributed by atoms with Crippen molar-refractivity contribution in [2.24, 2.45) is 5.73 Å². The third-order valence-electron chi connectivity index (χ3n) is 2.21. The Balaban J connectivity index is 2.28. The lowest BCUT2D eigenvalue weighted by Crippen LogP contribution is -1.99. The van der Waals surface area contributed by atoms with Crippen LogP contribution in [0.25, 0.3) is 0 Å². The van der Waals surface area contributed by atoms with Crippen LogP contribution >= 0.6 is 11.6 Å². The molecule has 0 unspecified atom stereocenters. The van der Waals surface area contributed by atoms with Gasteiger partial charge in [0.25, 0.3) is 0 Å². The summed E-state index contributed by atoms with van der Waals surface area (Å²) in [5, 5.41) is 0.667. The van der Waals surface area contributed by atoms with E-state index in [9.17, 15) is 0 Å². The van der Waals surface area contributed by atoms with Gasteiger partial charge in [0.05, 0.1) is 0 Å². The van der Waals surface area contributed by atoms with Gasteiger partial charge in [-0.15, -0.1) is 0 Å². The molecule has 2 aromatic rings. The Morgan fingerprint density at radius 1 is 1.06 bits per heavy atom. The quantitative estimate of drug-likeness (QED) is 0.879. The first-order valence-electron chi connectivity index (χ1n) is 5.01. The summed E-state index contributed by atoms with van der Waals surface area (Å²) in [5.41, 5.74) is 6.53. The predicted molar refractivity (Wildman–Crippen MR) is 65.9 cm³/mol. The highest BCUT2D eigenvalue weighted by atomic mass is 35.5. The first-order chi connectivity index (χ1) is 7.79. The molecule has 0 saturated heterocycles. The van der Waals surface area contributed by atoms with E-state index in [1.807, 2.05) is 42.5 Å². The zero-order valence-corrected chi connectivity index (χ0v) is 9.45. The van der Waals surface area contributed by atoms with Crippen LogP contribution in [0, 0.1) is 0 Å². The number of nitrogens with two attached hydrogens (primary N) is 1. The van der Waals surface area contributed by atoms with Gasteiger partial charge in [-0.2, -0.15) is 0 Å². The smallest absolute Gasteiger partial charge is 0.132 e. The van der Waals surface area contributed by atoms with E-state index in [1.165, 1.54) is 0 Å². The topological polar surface area (TPSA) is 35.2 Å². The van der Waals surface area contributed by atoms with E-state index in [1.54, 1.807) is 6.07 Å². The summed E-state index contributed by atoms with van der Waals surface area (Å²) in [5.74, 6) is 1.54. The van der Waals surface area contributed by atoms with Crippen molar-refractivity contribution in [3.63, 3.8) is 0 Å². The van der Waals surface area contributed by atoms with Gasteiger partial charge < -0.3 is 10.5 Å². The molecule has 0 bridgehead atoms. The van der Waals surface area contributed by atoms with E-state index in [0.717, 1.165) is 17.1 Å². The summed E-state index contributed by atoms with van der Waals surface area (Å²) in [4.78, 5) is 0. The van der Waals surface area contributed by atoms with E-state index < -0.39 is 0 Å². The van der Waals surface area contributed by atoms with E-state index in [4.69, 9.17) is 22.1 Å². The van der Waals surface area contributed by atoms with Crippen LogP contribution in [-0.2, 0) is 6.54 Å². The van der Waals surface area contributed by atoms with Gasteiger partial charge in [0.1, 0.15) is 11.5 Å². The normalized spacial score (nSPS) is 10.1. The molecule has 2 nitrogen and oxygen atoms in total. The fourth-order valence-electron chi connectivity index (χ4n) is 1.42. The van der Waals surface area contributed by atoms with E-state index in [2.05, 4.69) is 0 Å². The van der Waals surface area contributed by atoms with Gasteiger partial charge in [0.15, 0.2) is 0 Å². The minimum absolute atomic E-state index is 0.405. The van der Waals surface area contributed by atoms with Gasteiger partial charge in [-0.3, -0.25) is 0 Å². The maximum atomic E-state index is 5.89. The lowest BCUT2D eigenvalue weighted by molar-refractivity contribution is 0.476. The summed E-state index contributed by atoms with van der Waals surface area (Å²) in [6.45, 7) is 0.405. The molecule has 2 N–H and O–H groups in total. The van der Waals surface area contributed by atoms with Gasteiger partial charge in [-0.1, -0.05) is 29.8 Å². The number of halogens is 1. The van der Waals surface area contributed by atoms with E-state index in [-0.39, 0.29) is 0 Å². The molecule has 0 saturated carbocycles. The second-order valence-corrected chi connectivity index (χ2v) is 3.81. The molecule has 16 heavy (non-hydrogen) atoms. The first kappa shape index (κ1) is 11.0. The number of rotatable bonds is 3. The molecule has 82 valence electrons. The van der Waals surface area contributed by atoms with Crippen LogP contribution in [0.15, 0.2) is 48.5 Å². The highest BCUT2D eigenvalue weighted by Gasteiger charge is 2.04. The highest BCUT2D eigenvalue weighted by Crippen LogP contribution is 2.27. The third-order valence-corrected chi connectivity index (χ3v) is 2.45. The molecular weight excluding hydrogens is 222 g/mol. The summed E-state index contributed by atoms with van der Waals surface area (Å²) in [6, 6.07) is 15.0. The predicted octanol–water partition coefficient (Wildman–Crippen LogP) is 3.59. The van der Waals surface area contributed by atoms with E-state index in [0.29, 0.717) is 11.6 Å². The van der Waals surface area contributed by atoms with Crippen molar-refractivity contribution in [3.05, 3.63) is 59.1 Å². The minimum Gasteiger partial charge on any atom is -0.457 e. The molecular formula is C13H12ClNO. The van der Waals surface area contributed by atoms with Crippen LogP contribution < -0.4 is 10.5 Å². The van der Waals surface area contributed by atoms with Crippen molar-refractivity contribution in [3.8, 4) is 11.5 Å². The van der Waals surface area contributed by atoms with Crippen LogP contribution in [0.5, 0.6) is 11.5 Å². The SMILES string of the molecule is NCc1cc(Cl)ccc1Oc1ccccc1. The van der Waals surface area contributed by atoms with Crippen LogP contribution in [0.3, 0.4) is 0 Å². The molecule has 2 aromatic carbocycles. The first-order valence-corrected chi connectivity index (χ1v) is 5.39. The van der Waals surface area contributed by atoms with Crippen LogP contribution in [0.1, 0.15) is 5.56 Å². The number of para-hydroxylation sites is 1. The average molecular weight is 234 g/mol. The maximum Gasteiger partial charge on any atom is 0.132 e. The van der Waals surface area contributed by atoms with Crippen molar-refractivity contribution >= 4 is 11.6 Å². The molecule has 2 rings (SSSR count). The summed E-state index contributed by atoms with van der Waals surface area (Å²) >= 11 is 5.89. The van der Waals surface area contributed by atoms with Crippen molar-refractivity contribution in [1.29, 1.82) is 0 Å². The molecule has 0 aromatic heterocycles.